The Morgan fingerprint density at radius 3 is 2.47 bits per heavy atom. The van der Waals surface area contributed by atoms with Gasteiger partial charge in [-0.05, 0) is 40.6 Å². The van der Waals surface area contributed by atoms with Gasteiger partial charge in [-0.1, -0.05) is 69.7 Å². The van der Waals surface area contributed by atoms with Crippen LogP contribution >= 0.6 is 15.9 Å². The lowest BCUT2D eigenvalue weighted by molar-refractivity contribution is 0.0734. The Balaban J connectivity index is 1.42. The Labute approximate surface area is 223 Å². The van der Waals surface area contributed by atoms with Crippen LogP contribution < -0.4 is 15.9 Å². The number of hydrogen-bond donors (Lipinski definition) is 2. The summed E-state index contributed by atoms with van der Waals surface area (Å²) in [6.07, 6.45) is 1.35. The van der Waals surface area contributed by atoms with Crippen molar-refractivity contribution >= 4 is 39.8 Å². The number of halogens is 1. The lowest BCUT2D eigenvalue weighted by atomic mass is 10.1. The van der Waals surface area contributed by atoms with Crippen molar-refractivity contribution in [2.24, 2.45) is 5.10 Å². The number of hydrogen-bond acceptors (Lipinski definition) is 10. The van der Waals surface area contributed by atoms with Crippen molar-refractivity contribution in [2.45, 2.75) is 0 Å². The first-order valence-corrected chi connectivity index (χ1v) is 11.8. The Hall–Kier alpha value is -5.17. The van der Waals surface area contributed by atoms with E-state index in [4.69, 9.17) is 10.5 Å². The van der Waals surface area contributed by atoms with E-state index in [9.17, 15) is 9.59 Å². The maximum Gasteiger partial charge on any atom is 0.343 e. The smallest absolute Gasteiger partial charge is 0.343 e. The van der Waals surface area contributed by atoms with Crippen LogP contribution in [0.2, 0.25) is 0 Å². The maximum atomic E-state index is 13.3. The normalized spacial score (nSPS) is 11.0. The fourth-order valence-electron chi connectivity index (χ4n) is 3.41. The summed E-state index contributed by atoms with van der Waals surface area (Å²) in [5, 5.41) is 19.5. The van der Waals surface area contributed by atoms with Gasteiger partial charge in [0.05, 0.1) is 11.8 Å². The summed E-state index contributed by atoms with van der Waals surface area (Å²) >= 11 is 3.37. The summed E-state index contributed by atoms with van der Waals surface area (Å²) in [6.45, 7) is 0. The average molecular weight is 573 g/mol. The van der Waals surface area contributed by atoms with Gasteiger partial charge >= 0.3 is 5.97 Å². The molecule has 0 atom stereocenters. The molecule has 0 saturated heterocycles. The lowest BCUT2D eigenvalue weighted by Crippen LogP contribution is -2.22. The molecule has 188 valence electrons. The molecule has 0 saturated carbocycles. The highest BCUT2D eigenvalue weighted by atomic mass is 79.9. The first-order chi connectivity index (χ1) is 18.5. The van der Waals surface area contributed by atoms with Crippen LogP contribution in [0, 0.1) is 0 Å². The zero-order valence-corrected chi connectivity index (χ0v) is 20.9. The van der Waals surface area contributed by atoms with Crippen LogP contribution in [0.5, 0.6) is 5.75 Å². The highest BCUT2D eigenvalue weighted by molar-refractivity contribution is 9.10. The second kappa shape index (κ2) is 10.8. The molecule has 1 amide bonds. The third kappa shape index (κ3) is 5.17. The van der Waals surface area contributed by atoms with E-state index in [1.807, 2.05) is 6.07 Å². The molecule has 5 aromatic rings. The van der Waals surface area contributed by atoms with E-state index >= 15 is 0 Å². The summed E-state index contributed by atoms with van der Waals surface area (Å²) < 4.78 is 12.0. The van der Waals surface area contributed by atoms with E-state index in [1.54, 1.807) is 72.8 Å². The van der Waals surface area contributed by atoms with Gasteiger partial charge in [0.15, 0.2) is 5.69 Å². The number of esters is 1. The molecular formula is C25H17BrN8O4. The largest absolute Gasteiger partial charge is 0.422 e. The summed E-state index contributed by atoms with van der Waals surface area (Å²) in [5.74, 6) is -1.04. The fraction of sp³-hybridized carbons (Fsp3) is 0. The zero-order chi connectivity index (χ0) is 26.5. The van der Waals surface area contributed by atoms with Gasteiger partial charge in [0, 0.05) is 15.6 Å². The molecule has 38 heavy (non-hydrogen) atoms. The fourth-order valence-corrected chi connectivity index (χ4v) is 3.75. The molecule has 2 aromatic heterocycles. The Bertz CT molecular complexity index is 1630. The Morgan fingerprint density at radius 2 is 1.76 bits per heavy atom. The van der Waals surface area contributed by atoms with Gasteiger partial charge in [-0.2, -0.15) is 9.78 Å². The van der Waals surface area contributed by atoms with Crippen LogP contribution in [-0.2, 0) is 0 Å². The second-order valence-corrected chi connectivity index (χ2v) is 8.59. The van der Waals surface area contributed by atoms with Crippen LogP contribution in [-0.4, -0.2) is 43.4 Å². The third-order valence-corrected chi connectivity index (χ3v) is 5.68. The quantitative estimate of drug-likeness (QED) is 0.128. The number of nitrogens with zero attached hydrogens (tertiary/aromatic N) is 6. The number of carbonyl (C=O) groups is 2. The molecule has 3 aromatic carbocycles. The second-order valence-electron chi connectivity index (χ2n) is 7.67. The molecule has 0 fully saturated rings. The maximum absolute atomic E-state index is 13.3. The van der Waals surface area contributed by atoms with E-state index in [2.05, 4.69) is 51.7 Å². The number of nitrogens with two attached hydrogens (primary N) is 1. The van der Waals surface area contributed by atoms with Crippen molar-refractivity contribution in [3.8, 4) is 22.8 Å². The molecule has 0 bridgehead atoms. The SMILES string of the molecule is Nc1nonc1-n1nnc(-c2ccccc2)c1C(=O)NN=Cc1ccc(Br)cc1OC(=O)c1ccccc1. The van der Waals surface area contributed by atoms with Gasteiger partial charge in [0.2, 0.25) is 11.6 Å². The zero-order valence-electron chi connectivity index (χ0n) is 19.4. The van der Waals surface area contributed by atoms with Gasteiger partial charge in [-0.3, -0.25) is 4.79 Å². The summed E-state index contributed by atoms with van der Waals surface area (Å²) in [6, 6.07) is 22.6. The number of carbonyl (C=O) groups excluding carboxylic acids is 2. The number of anilines is 1. The van der Waals surface area contributed by atoms with E-state index in [-0.39, 0.29) is 28.8 Å². The van der Waals surface area contributed by atoms with Gasteiger partial charge in [0.1, 0.15) is 11.4 Å². The monoisotopic (exact) mass is 572 g/mol. The topological polar surface area (TPSA) is 163 Å². The summed E-state index contributed by atoms with van der Waals surface area (Å²) in [7, 11) is 0. The van der Waals surface area contributed by atoms with Crippen molar-refractivity contribution < 1.29 is 19.0 Å². The number of benzene rings is 3. The third-order valence-electron chi connectivity index (χ3n) is 5.19. The number of aromatic nitrogens is 5. The molecule has 0 spiro atoms. The van der Waals surface area contributed by atoms with Crippen LogP contribution in [0.4, 0.5) is 5.82 Å². The predicted octanol–water partition coefficient (Wildman–Crippen LogP) is 3.65. The van der Waals surface area contributed by atoms with Gasteiger partial charge in [-0.15, -0.1) is 5.10 Å². The molecule has 3 N–H and O–H groups in total. The van der Waals surface area contributed by atoms with E-state index in [0.29, 0.717) is 21.2 Å². The van der Waals surface area contributed by atoms with Crippen molar-refractivity contribution in [1.82, 2.24) is 30.7 Å². The Kier molecular flexibility index (Phi) is 6.99. The molecule has 5 rings (SSSR count). The first kappa shape index (κ1) is 24.5. The summed E-state index contributed by atoms with van der Waals surface area (Å²) in [5.41, 5.74) is 9.99. The molecule has 0 aliphatic carbocycles. The predicted molar refractivity (Wildman–Crippen MR) is 140 cm³/mol. The van der Waals surface area contributed by atoms with E-state index < -0.39 is 11.9 Å². The van der Waals surface area contributed by atoms with Crippen molar-refractivity contribution in [3.63, 3.8) is 0 Å². The van der Waals surface area contributed by atoms with Gasteiger partial charge < -0.3 is 10.5 Å². The Morgan fingerprint density at radius 1 is 1.03 bits per heavy atom. The minimum Gasteiger partial charge on any atom is -0.422 e. The number of rotatable bonds is 7. The summed E-state index contributed by atoms with van der Waals surface area (Å²) in [4.78, 5) is 25.8. The molecule has 0 radical (unpaired) electrons. The highest BCUT2D eigenvalue weighted by Gasteiger charge is 2.26. The number of amides is 1. The van der Waals surface area contributed by atoms with Crippen LogP contribution in [0.15, 0.2) is 93.1 Å². The number of hydrazone groups is 1. The van der Waals surface area contributed by atoms with Crippen LogP contribution in [0.3, 0.4) is 0 Å². The molecule has 0 unspecified atom stereocenters. The van der Waals surface area contributed by atoms with Crippen LogP contribution in [0.1, 0.15) is 26.4 Å². The molecule has 0 aliphatic heterocycles. The standard InChI is InChI=1S/C25H17BrN8O4/c26-18-12-11-17(19(13-18)37-25(36)16-9-5-2-6-10-16)14-28-30-24(35)21-20(15-7-3-1-4-8-15)29-33-34(21)23-22(27)31-38-32-23/h1-14H,(H2,27,31)(H,30,35). The van der Waals surface area contributed by atoms with Crippen LogP contribution in [0.25, 0.3) is 17.1 Å². The molecule has 2 heterocycles. The molecular weight excluding hydrogens is 556 g/mol. The minimum absolute atomic E-state index is 0.00212. The number of ether oxygens (including phenoxy) is 1. The van der Waals surface area contributed by atoms with E-state index in [1.165, 1.54) is 6.21 Å². The molecule has 12 nitrogen and oxygen atoms in total. The minimum atomic E-state index is -0.660. The van der Waals surface area contributed by atoms with E-state index in [0.717, 1.165) is 4.68 Å². The van der Waals surface area contributed by atoms with Crippen molar-refractivity contribution in [1.29, 1.82) is 0 Å². The average Bonchev–Trinajstić information content (AvgIpc) is 3.57. The first-order valence-electron chi connectivity index (χ1n) is 11.0. The van der Waals surface area contributed by atoms with Gasteiger partial charge in [0.25, 0.3) is 5.91 Å². The van der Waals surface area contributed by atoms with Crippen molar-refractivity contribution in [3.05, 3.63) is 100 Å². The molecule has 0 aliphatic rings. The van der Waals surface area contributed by atoms with Crippen molar-refractivity contribution in [2.75, 3.05) is 5.73 Å². The molecule has 13 heteroatoms. The number of nitrogen functional groups attached to an aromatic ring is 1. The highest BCUT2D eigenvalue weighted by Crippen LogP contribution is 2.25. The number of nitrogens with one attached hydrogen (secondary N) is 1. The lowest BCUT2D eigenvalue weighted by Gasteiger charge is -2.08. The van der Waals surface area contributed by atoms with Gasteiger partial charge in [-0.25, -0.2) is 14.8 Å².